The number of rotatable bonds is 4. The van der Waals surface area contributed by atoms with Crippen LogP contribution in [-0.2, 0) is 7.05 Å². The van der Waals surface area contributed by atoms with Gasteiger partial charge in [0.05, 0.1) is 11.8 Å². The van der Waals surface area contributed by atoms with Crippen LogP contribution in [0.15, 0.2) is 63.7 Å². The molecule has 8 heteroatoms. The van der Waals surface area contributed by atoms with Crippen molar-refractivity contribution in [1.82, 2.24) is 9.78 Å². The van der Waals surface area contributed by atoms with Crippen LogP contribution in [0.3, 0.4) is 0 Å². The smallest absolute Gasteiger partial charge is 0.274 e. The van der Waals surface area contributed by atoms with Crippen LogP contribution in [0.4, 0.5) is 11.4 Å². The summed E-state index contributed by atoms with van der Waals surface area (Å²) in [6, 6.07) is 14.3. The molecule has 2 aromatic carbocycles. The molecule has 26 heavy (non-hydrogen) atoms. The highest BCUT2D eigenvalue weighted by Gasteiger charge is 2.22. The van der Waals surface area contributed by atoms with Crippen molar-refractivity contribution in [3.8, 4) is 0 Å². The molecule has 2 N–H and O–H groups in total. The second-order valence-corrected chi connectivity index (χ2v) is 7.28. The lowest BCUT2D eigenvalue weighted by atomic mass is 10.2. The van der Waals surface area contributed by atoms with Crippen molar-refractivity contribution in [3.05, 3.63) is 74.9 Å². The van der Waals surface area contributed by atoms with Gasteiger partial charge >= 0.3 is 0 Å². The van der Waals surface area contributed by atoms with Crippen LogP contribution >= 0.6 is 31.9 Å². The van der Waals surface area contributed by atoms with E-state index in [0.29, 0.717) is 11.4 Å². The van der Waals surface area contributed by atoms with Crippen molar-refractivity contribution >= 4 is 55.0 Å². The molecule has 1 heterocycles. The van der Waals surface area contributed by atoms with Crippen LogP contribution in [0.5, 0.6) is 0 Å². The summed E-state index contributed by atoms with van der Waals surface area (Å²) >= 11 is 6.69. The van der Waals surface area contributed by atoms with Gasteiger partial charge in [0.1, 0.15) is 5.69 Å². The van der Waals surface area contributed by atoms with E-state index in [9.17, 15) is 9.59 Å². The summed E-state index contributed by atoms with van der Waals surface area (Å²) in [5.74, 6) is -0.811. The lowest BCUT2D eigenvalue weighted by Crippen LogP contribution is -2.21. The molecule has 0 fully saturated rings. The first-order chi connectivity index (χ1) is 12.4. The first-order valence-electron chi connectivity index (χ1n) is 7.60. The minimum absolute atomic E-state index is 0.183. The summed E-state index contributed by atoms with van der Waals surface area (Å²) in [6.07, 6.45) is 1.38. The summed E-state index contributed by atoms with van der Waals surface area (Å²) in [5, 5.41) is 9.59. The number of aryl methyl sites for hydroxylation is 1. The molecule has 3 aromatic rings. The SMILES string of the molecule is Cn1ncc(C(=O)Nc2ccc(Br)cc2)c1C(=O)Nc1ccc(Br)cc1. The molecule has 1 aromatic heterocycles. The maximum absolute atomic E-state index is 12.6. The molecule has 2 amide bonds. The van der Waals surface area contributed by atoms with Gasteiger partial charge in [0.25, 0.3) is 11.8 Å². The molecule has 3 rings (SSSR count). The summed E-state index contributed by atoms with van der Waals surface area (Å²) in [6.45, 7) is 0. The Balaban J connectivity index is 1.81. The third-order valence-electron chi connectivity index (χ3n) is 3.60. The van der Waals surface area contributed by atoms with E-state index in [4.69, 9.17) is 0 Å². The fourth-order valence-electron chi connectivity index (χ4n) is 2.33. The molecule has 0 bridgehead atoms. The van der Waals surface area contributed by atoms with Crippen molar-refractivity contribution < 1.29 is 9.59 Å². The van der Waals surface area contributed by atoms with Crippen LogP contribution in [0.1, 0.15) is 20.8 Å². The van der Waals surface area contributed by atoms with E-state index in [1.165, 1.54) is 10.9 Å². The Labute approximate surface area is 166 Å². The lowest BCUT2D eigenvalue weighted by molar-refractivity contribution is 0.0985. The minimum atomic E-state index is -0.409. The van der Waals surface area contributed by atoms with Gasteiger partial charge in [0, 0.05) is 27.4 Å². The normalized spacial score (nSPS) is 10.4. The topological polar surface area (TPSA) is 76.0 Å². The fourth-order valence-corrected chi connectivity index (χ4v) is 2.86. The van der Waals surface area contributed by atoms with Crippen LogP contribution in [0.25, 0.3) is 0 Å². The van der Waals surface area contributed by atoms with E-state index < -0.39 is 11.8 Å². The van der Waals surface area contributed by atoms with Crippen LogP contribution < -0.4 is 10.6 Å². The first-order valence-corrected chi connectivity index (χ1v) is 9.18. The van der Waals surface area contributed by atoms with Gasteiger partial charge in [-0.3, -0.25) is 14.3 Å². The molecule has 6 nitrogen and oxygen atoms in total. The van der Waals surface area contributed by atoms with Gasteiger partial charge < -0.3 is 10.6 Å². The molecule has 0 aliphatic carbocycles. The lowest BCUT2D eigenvalue weighted by Gasteiger charge is -2.09. The number of carbonyl (C=O) groups excluding carboxylic acids is 2. The van der Waals surface area contributed by atoms with Crippen LogP contribution in [0, 0.1) is 0 Å². The van der Waals surface area contributed by atoms with E-state index in [1.807, 2.05) is 24.3 Å². The first kappa shape index (κ1) is 18.3. The summed E-state index contributed by atoms with van der Waals surface area (Å²) in [7, 11) is 1.62. The molecule has 0 saturated carbocycles. The van der Waals surface area contributed by atoms with Gasteiger partial charge in [-0.05, 0) is 48.5 Å². The number of halogens is 2. The predicted molar refractivity (Wildman–Crippen MR) is 107 cm³/mol. The predicted octanol–water partition coefficient (Wildman–Crippen LogP) is 4.45. The number of nitrogens with zero attached hydrogens (tertiary/aromatic N) is 2. The molecular formula is C18H14Br2N4O2. The standard InChI is InChI=1S/C18H14Br2N4O2/c1-24-16(18(26)23-14-8-4-12(20)5-9-14)15(10-21-24)17(25)22-13-6-2-11(19)3-7-13/h2-10H,1H3,(H,22,25)(H,23,26). The molecule has 0 atom stereocenters. The second kappa shape index (κ2) is 7.84. The number of anilines is 2. The van der Waals surface area contributed by atoms with Gasteiger partial charge in [0.2, 0.25) is 0 Å². The zero-order valence-corrected chi connectivity index (χ0v) is 16.8. The van der Waals surface area contributed by atoms with E-state index in [0.717, 1.165) is 8.95 Å². The van der Waals surface area contributed by atoms with Crippen LogP contribution in [0.2, 0.25) is 0 Å². The summed E-state index contributed by atoms with van der Waals surface area (Å²) in [5.41, 5.74) is 1.63. The van der Waals surface area contributed by atoms with E-state index in [1.54, 1.807) is 31.3 Å². The van der Waals surface area contributed by atoms with Gasteiger partial charge in [-0.15, -0.1) is 0 Å². The highest BCUT2D eigenvalue weighted by Crippen LogP contribution is 2.18. The van der Waals surface area contributed by atoms with E-state index in [2.05, 4.69) is 47.6 Å². The van der Waals surface area contributed by atoms with E-state index in [-0.39, 0.29) is 11.3 Å². The Morgan fingerprint density at radius 1 is 0.846 bits per heavy atom. The number of aromatic nitrogens is 2. The van der Waals surface area contributed by atoms with Gasteiger partial charge in [-0.1, -0.05) is 31.9 Å². The highest BCUT2D eigenvalue weighted by atomic mass is 79.9. The Bertz CT molecular complexity index is 950. The molecule has 132 valence electrons. The van der Waals surface area contributed by atoms with Crippen molar-refractivity contribution in [2.45, 2.75) is 0 Å². The van der Waals surface area contributed by atoms with Gasteiger partial charge in [-0.25, -0.2) is 0 Å². The molecule has 0 radical (unpaired) electrons. The zero-order valence-electron chi connectivity index (χ0n) is 13.7. The number of carbonyl (C=O) groups is 2. The minimum Gasteiger partial charge on any atom is -0.322 e. The van der Waals surface area contributed by atoms with Crippen LogP contribution in [-0.4, -0.2) is 21.6 Å². The molecular weight excluding hydrogens is 464 g/mol. The average molecular weight is 478 g/mol. The average Bonchev–Trinajstić information content (AvgIpc) is 3.01. The second-order valence-electron chi connectivity index (χ2n) is 5.45. The van der Waals surface area contributed by atoms with Crippen molar-refractivity contribution in [3.63, 3.8) is 0 Å². The number of nitrogens with one attached hydrogen (secondary N) is 2. The van der Waals surface area contributed by atoms with Gasteiger partial charge in [-0.2, -0.15) is 5.10 Å². The maximum atomic E-state index is 12.6. The Hall–Kier alpha value is -2.45. The third kappa shape index (κ3) is 4.20. The van der Waals surface area contributed by atoms with Crippen molar-refractivity contribution in [1.29, 1.82) is 0 Å². The van der Waals surface area contributed by atoms with Crippen molar-refractivity contribution in [2.75, 3.05) is 10.6 Å². The molecule has 0 spiro atoms. The monoisotopic (exact) mass is 476 g/mol. The Morgan fingerprint density at radius 3 is 1.81 bits per heavy atom. The fraction of sp³-hybridized carbons (Fsp3) is 0.0556. The molecule has 0 aliphatic rings. The zero-order chi connectivity index (χ0) is 18.7. The summed E-state index contributed by atoms with van der Waals surface area (Å²) in [4.78, 5) is 25.2. The van der Waals surface area contributed by atoms with Crippen molar-refractivity contribution in [2.24, 2.45) is 7.05 Å². The number of hydrogen-bond donors (Lipinski definition) is 2. The third-order valence-corrected chi connectivity index (χ3v) is 4.66. The van der Waals surface area contributed by atoms with Gasteiger partial charge in [0.15, 0.2) is 0 Å². The Kier molecular flexibility index (Phi) is 5.53. The molecule has 0 saturated heterocycles. The highest BCUT2D eigenvalue weighted by molar-refractivity contribution is 9.10. The number of benzene rings is 2. The molecule has 0 aliphatic heterocycles. The number of hydrogen-bond acceptors (Lipinski definition) is 3. The Morgan fingerprint density at radius 2 is 1.31 bits per heavy atom. The quantitative estimate of drug-likeness (QED) is 0.582. The summed E-state index contributed by atoms with van der Waals surface area (Å²) < 4.78 is 3.20. The largest absolute Gasteiger partial charge is 0.322 e. The maximum Gasteiger partial charge on any atom is 0.274 e. The molecule has 0 unspecified atom stereocenters. The van der Waals surface area contributed by atoms with E-state index >= 15 is 0 Å². The number of amides is 2.